The Kier molecular flexibility index (Phi) is 3.24. The van der Waals surface area contributed by atoms with Gasteiger partial charge in [0.05, 0.1) is 12.8 Å². The van der Waals surface area contributed by atoms with Gasteiger partial charge in [-0.2, -0.15) is 0 Å². The molecule has 0 aromatic carbocycles. The summed E-state index contributed by atoms with van der Waals surface area (Å²) in [4.78, 5) is 13.4. The van der Waals surface area contributed by atoms with Crippen LogP contribution in [0.3, 0.4) is 0 Å². The molecule has 94 valence electrons. The molecule has 0 spiro atoms. The highest BCUT2D eigenvalue weighted by Crippen LogP contribution is 2.30. The van der Waals surface area contributed by atoms with Crippen molar-refractivity contribution in [3.8, 4) is 0 Å². The smallest absolute Gasteiger partial charge is 0.323 e. The van der Waals surface area contributed by atoms with Crippen molar-refractivity contribution in [2.75, 3.05) is 6.54 Å². The van der Waals surface area contributed by atoms with Crippen molar-refractivity contribution in [3.63, 3.8) is 0 Å². The van der Waals surface area contributed by atoms with E-state index in [1.807, 2.05) is 24.8 Å². The van der Waals surface area contributed by atoms with Crippen LogP contribution in [0.15, 0.2) is 16.7 Å². The fourth-order valence-electron chi connectivity index (χ4n) is 2.41. The Morgan fingerprint density at radius 1 is 1.59 bits per heavy atom. The van der Waals surface area contributed by atoms with Crippen molar-refractivity contribution in [3.05, 3.63) is 23.7 Å². The fourth-order valence-corrected chi connectivity index (χ4v) is 2.41. The molecule has 4 nitrogen and oxygen atoms in total. The number of carboxylic acid groups (broad SMARTS) is 1. The molecule has 1 aliphatic heterocycles. The molecule has 1 unspecified atom stereocenters. The molecule has 1 aromatic heterocycles. The van der Waals surface area contributed by atoms with Gasteiger partial charge in [0.25, 0.3) is 0 Å². The molecule has 1 N–H and O–H groups in total. The Bertz CT molecular complexity index is 413. The van der Waals surface area contributed by atoms with Gasteiger partial charge < -0.3 is 9.52 Å². The van der Waals surface area contributed by atoms with Crippen LogP contribution in [0.2, 0.25) is 0 Å². The Morgan fingerprint density at radius 2 is 2.35 bits per heavy atom. The van der Waals surface area contributed by atoms with Gasteiger partial charge in [-0.3, -0.25) is 9.69 Å². The summed E-state index contributed by atoms with van der Waals surface area (Å²) >= 11 is 0. The highest BCUT2D eigenvalue weighted by Gasteiger charge is 2.41. The molecule has 0 bridgehead atoms. The minimum Gasteiger partial charge on any atom is -0.480 e. The molecule has 1 fully saturated rings. The first-order valence-corrected chi connectivity index (χ1v) is 6.05. The maximum atomic E-state index is 11.4. The van der Waals surface area contributed by atoms with Gasteiger partial charge in [-0.25, -0.2) is 0 Å². The number of carboxylic acids is 1. The van der Waals surface area contributed by atoms with Gasteiger partial charge in [0.1, 0.15) is 11.3 Å². The van der Waals surface area contributed by atoms with Crippen molar-refractivity contribution in [1.82, 2.24) is 4.90 Å². The van der Waals surface area contributed by atoms with Crippen molar-refractivity contribution >= 4 is 5.97 Å². The van der Waals surface area contributed by atoms with Crippen LogP contribution in [0.4, 0.5) is 0 Å². The lowest BCUT2D eigenvalue weighted by molar-refractivity contribution is -0.153. The van der Waals surface area contributed by atoms with Crippen molar-refractivity contribution in [2.45, 2.75) is 45.2 Å². The van der Waals surface area contributed by atoms with E-state index in [2.05, 4.69) is 0 Å². The van der Waals surface area contributed by atoms with E-state index in [9.17, 15) is 9.90 Å². The van der Waals surface area contributed by atoms with E-state index in [1.165, 1.54) is 0 Å². The van der Waals surface area contributed by atoms with Gasteiger partial charge in [-0.05, 0) is 51.3 Å². The van der Waals surface area contributed by atoms with Gasteiger partial charge in [0.2, 0.25) is 0 Å². The van der Waals surface area contributed by atoms with Crippen LogP contribution in [0, 0.1) is 6.92 Å². The van der Waals surface area contributed by atoms with Crippen LogP contribution in [-0.2, 0) is 11.3 Å². The molecule has 0 saturated carbocycles. The van der Waals surface area contributed by atoms with Gasteiger partial charge >= 0.3 is 5.97 Å². The SMILES string of the molecule is Cc1ccoc1CN1CCCCC1(C)C(=O)O. The number of rotatable bonds is 3. The molecule has 1 aliphatic rings. The predicted molar refractivity (Wildman–Crippen MR) is 63.7 cm³/mol. The van der Waals surface area contributed by atoms with E-state index in [-0.39, 0.29) is 0 Å². The zero-order valence-corrected chi connectivity index (χ0v) is 10.4. The third-order valence-electron chi connectivity index (χ3n) is 3.80. The second-order valence-corrected chi connectivity index (χ2v) is 4.98. The first-order chi connectivity index (χ1) is 8.04. The molecular formula is C13H19NO3. The number of likely N-dealkylation sites (tertiary alicyclic amines) is 1. The van der Waals surface area contributed by atoms with Crippen molar-refractivity contribution in [2.24, 2.45) is 0 Å². The van der Waals surface area contributed by atoms with E-state index < -0.39 is 11.5 Å². The number of nitrogens with zero attached hydrogens (tertiary/aromatic N) is 1. The molecule has 17 heavy (non-hydrogen) atoms. The van der Waals surface area contributed by atoms with Crippen LogP contribution in [0.5, 0.6) is 0 Å². The Hall–Kier alpha value is -1.29. The lowest BCUT2D eigenvalue weighted by Gasteiger charge is -2.41. The Morgan fingerprint density at radius 3 is 2.94 bits per heavy atom. The number of aryl methyl sites for hydroxylation is 1. The van der Waals surface area contributed by atoms with Crippen LogP contribution >= 0.6 is 0 Å². The summed E-state index contributed by atoms with van der Waals surface area (Å²) in [6.45, 7) is 5.21. The maximum Gasteiger partial charge on any atom is 0.323 e. The van der Waals surface area contributed by atoms with Crippen molar-refractivity contribution in [1.29, 1.82) is 0 Å². The zero-order chi connectivity index (χ0) is 12.5. The van der Waals surface area contributed by atoms with E-state index in [0.717, 1.165) is 30.7 Å². The molecule has 4 heteroatoms. The average Bonchev–Trinajstić information content (AvgIpc) is 2.68. The van der Waals surface area contributed by atoms with Crippen LogP contribution in [0.1, 0.15) is 37.5 Å². The molecule has 1 saturated heterocycles. The van der Waals surface area contributed by atoms with Crippen LogP contribution in [0.25, 0.3) is 0 Å². The zero-order valence-electron chi connectivity index (χ0n) is 10.4. The Labute approximate surface area is 101 Å². The van der Waals surface area contributed by atoms with Gasteiger partial charge in [-0.15, -0.1) is 0 Å². The first-order valence-electron chi connectivity index (χ1n) is 6.05. The minimum atomic E-state index is -0.752. The monoisotopic (exact) mass is 237 g/mol. The molecule has 1 aromatic rings. The number of hydrogen-bond acceptors (Lipinski definition) is 3. The van der Waals surface area contributed by atoms with Crippen molar-refractivity contribution < 1.29 is 14.3 Å². The summed E-state index contributed by atoms with van der Waals surface area (Å²) in [6.07, 6.45) is 4.41. The molecule has 2 heterocycles. The summed E-state index contributed by atoms with van der Waals surface area (Å²) in [6, 6.07) is 1.91. The largest absolute Gasteiger partial charge is 0.480 e. The van der Waals surface area contributed by atoms with E-state index >= 15 is 0 Å². The second kappa shape index (κ2) is 4.53. The predicted octanol–water partition coefficient (Wildman–Crippen LogP) is 2.42. The highest BCUT2D eigenvalue weighted by molar-refractivity contribution is 5.78. The summed E-state index contributed by atoms with van der Waals surface area (Å²) in [5, 5.41) is 9.39. The molecule has 0 radical (unpaired) electrons. The Balaban J connectivity index is 2.18. The average molecular weight is 237 g/mol. The fraction of sp³-hybridized carbons (Fsp3) is 0.615. The lowest BCUT2D eigenvalue weighted by atomic mass is 9.88. The van der Waals surface area contributed by atoms with Gasteiger partial charge in [-0.1, -0.05) is 0 Å². The summed E-state index contributed by atoms with van der Waals surface area (Å²) in [5.41, 5.74) is 0.334. The molecule has 2 rings (SSSR count). The van der Waals surface area contributed by atoms with Gasteiger partial charge in [0, 0.05) is 0 Å². The molecular weight excluding hydrogens is 218 g/mol. The van der Waals surface area contributed by atoms with Crippen LogP contribution in [-0.4, -0.2) is 28.1 Å². The first kappa shape index (κ1) is 12.2. The van der Waals surface area contributed by atoms with E-state index in [4.69, 9.17) is 4.42 Å². The van der Waals surface area contributed by atoms with Gasteiger partial charge in [0.15, 0.2) is 0 Å². The number of carbonyl (C=O) groups is 1. The molecule has 1 atom stereocenters. The standard InChI is InChI=1S/C13H19NO3/c1-10-5-8-17-11(10)9-14-7-4-3-6-13(14,2)12(15)16/h5,8H,3-4,6-7,9H2,1-2H3,(H,15,16). The third-order valence-corrected chi connectivity index (χ3v) is 3.80. The quantitative estimate of drug-likeness (QED) is 0.877. The van der Waals surface area contributed by atoms with E-state index in [0.29, 0.717) is 13.0 Å². The number of piperidine rings is 1. The topological polar surface area (TPSA) is 53.7 Å². The summed E-state index contributed by atoms with van der Waals surface area (Å²) in [5.74, 6) is 0.140. The highest BCUT2D eigenvalue weighted by atomic mass is 16.4. The lowest BCUT2D eigenvalue weighted by Crippen LogP contribution is -2.54. The normalized spacial score (nSPS) is 26.0. The summed E-state index contributed by atoms with van der Waals surface area (Å²) in [7, 11) is 0. The minimum absolute atomic E-state index is 0.585. The summed E-state index contributed by atoms with van der Waals surface area (Å²) < 4.78 is 5.41. The second-order valence-electron chi connectivity index (χ2n) is 4.98. The maximum absolute atomic E-state index is 11.4. The molecule has 0 aliphatic carbocycles. The number of hydrogen-bond donors (Lipinski definition) is 1. The number of furan rings is 1. The third kappa shape index (κ3) is 2.22. The molecule has 0 amide bonds. The number of aliphatic carboxylic acids is 1. The van der Waals surface area contributed by atoms with E-state index in [1.54, 1.807) is 6.26 Å². The van der Waals surface area contributed by atoms with Crippen LogP contribution < -0.4 is 0 Å².